The average molecular weight is 227 g/mol. The van der Waals surface area contributed by atoms with E-state index in [1.54, 1.807) is 6.07 Å². The molecule has 0 aliphatic heterocycles. The van der Waals surface area contributed by atoms with E-state index in [9.17, 15) is 13.6 Å². The predicted molar refractivity (Wildman–Crippen MR) is 49.0 cm³/mol. The van der Waals surface area contributed by atoms with Crippen molar-refractivity contribution in [2.24, 2.45) is 0 Å². The van der Waals surface area contributed by atoms with Crippen molar-refractivity contribution in [3.63, 3.8) is 0 Å². The Morgan fingerprint density at radius 2 is 2.12 bits per heavy atom. The zero-order valence-corrected chi connectivity index (χ0v) is 7.94. The maximum Gasteiger partial charge on any atom is 0.336 e. The summed E-state index contributed by atoms with van der Waals surface area (Å²) in [4.78, 5) is 10.8. The Hall–Kier alpha value is -2.00. The predicted octanol–water partition coefficient (Wildman–Crippen LogP) is 1.69. The normalized spacial score (nSPS) is 10.2. The number of aliphatic hydroxyl groups is 1. The van der Waals surface area contributed by atoms with Crippen molar-refractivity contribution in [3.05, 3.63) is 34.4 Å². The van der Waals surface area contributed by atoms with Crippen LogP contribution in [0.25, 0.3) is 0 Å². The molecule has 1 rings (SSSR count). The lowest BCUT2D eigenvalue weighted by Crippen LogP contribution is -2.08. The van der Waals surface area contributed by atoms with Crippen LogP contribution in [0.1, 0.15) is 33.5 Å². The number of rotatable bonds is 3. The first-order chi connectivity index (χ1) is 7.51. The quantitative estimate of drug-likeness (QED) is 0.823. The van der Waals surface area contributed by atoms with Crippen LogP contribution in [-0.4, -0.2) is 16.2 Å². The molecule has 0 unspecified atom stereocenters. The number of halogens is 2. The van der Waals surface area contributed by atoms with E-state index >= 15 is 0 Å². The SMILES string of the molecule is N#Cc1cc(CO)c(C(=O)O)c(C(F)F)c1. The summed E-state index contributed by atoms with van der Waals surface area (Å²) in [5.41, 5.74) is -1.70. The number of nitrogens with zero attached hydrogens (tertiary/aromatic N) is 1. The van der Waals surface area contributed by atoms with Crippen molar-refractivity contribution >= 4 is 5.97 Å². The lowest BCUT2D eigenvalue weighted by Gasteiger charge is -2.09. The van der Waals surface area contributed by atoms with E-state index in [0.29, 0.717) is 0 Å². The summed E-state index contributed by atoms with van der Waals surface area (Å²) in [6.45, 7) is -0.711. The molecule has 1 aromatic rings. The van der Waals surface area contributed by atoms with Gasteiger partial charge < -0.3 is 10.2 Å². The van der Waals surface area contributed by atoms with Crippen LogP contribution in [0, 0.1) is 11.3 Å². The molecule has 0 saturated heterocycles. The summed E-state index contributed by atoms with van der Waals surface area (Å²) in [5.74, 6) is -1.55. The number of hydrogen-bond acceptors (Lipinski definition) is 3. The molecule has 0 heterocycles. The summed E-state index contributed by atoms with van der Waals surface area (Å²) < 4.78 is 25.1. The molecule has 0 spiro atoms. The van der Waals surface area contributed by atoms with E-state index in [2.05, 4.69) is 0 Å². The largest absolute Gasteiger partial charge is 0.478 e. The highest BCUT2D eigenvalue weighted by Gasteiger charge is 2.22. The number of aromatic carboxylic acids is 1. The minimum absolute atomic E-state index is 0.107. The molecule has 0 atom stereocenters. The summed E-state index contributed by atoms with van der Waals surface area (Å²) in [6, 6.07) is 3.52. The third kappa shape index (κ3) is 2.15. The Labute approximate surface area is 89.4 Å². The fraction of sp³-hybridized carbons (Fsp3) is 0.200. The smallest absolute Gasteiger partial charge is 0.336 e. The van der Waals surface area contributed by atoms with Gasteiger partial charge in [0.1, 0.15) is 0 Å². The van der Waals surface area contributed by atoms with Crippen molar-refractivity contribution in [1.29, 1.82) is 5.26 Å². The molecular formula is C10H7F2NO3. The molecule has 84 valence electrons. The number of hydrogen-bond donors (Lipinski definition) is 2. The second-order valence-electron chi connectivity index (χ2n) is 2.98. The van der Waals surface area contributed by atoms with Gasteiger partial charge in [0.15, 0.2) is 0 Å². The number of alkyl halides is 2. The molecule has 1 aromatic carbocycles. The number of benzene rings is 1. The van der Waals surface area contributed by atoms with Gasteiger partial charge in [0, 0.05) is 5.56 Å². The monoisotopic (exact) mass is 227 g/mol. The summed E-state index contributed by atoms with van der Waals surface area (Å²) in [5, 5.41) is 26.2. The molecule has 2 N–H and O–H groups in total. The van der Waals surface area contributed by atoms with Crippen molar-refractivity contribution in [2.45, 2.75) is 13.0 Å². The van der Waals surface area contributed by atoms with Gasteiger partial charge in [0.2, 0.25) is 0 Å². The van der Waals surface area contributed by atoms with Crippen molar-refractivity contribution < 1.29 is 23.8 Å². The lowest BCUT2D eigenvalue weighted by molar-refractivity contribution is 0.0680. The van der Waals surface area contributed by atoms with Crippen LogP contribution in [-0.2, 0) is 6.61 Å². The first-order valence-corrected chi connectivity index (χ1v) is 4.20. The van der Waals surface area contributed by atoms with Crippen LogP contribution in [0.2, 0.25) is 0 Å². The molecule has 0 radical (unpaired) electrons. The third-order valence-electron chi connectivity index (χ3n) is 2.00. The van der Waals surface area contributed by atoms with Crippen molar-refractivity contribution in [2.75, 3.05) is 0 Å². The van der Waals surface area contributed by atoms with Crippen molar-refractivity contribution in [1.82, 2.24) is 0 Å². The van der Waals surface area contributed by atoms with Crippen LogP contribution >= 0.6 is 0 Å². The first-order valence-electron chi connectivity index (χ1n) is 4.20. The van der Waals surface area contributed by atoms with Gasteiger partial charge in [0.25, 0.3) is 6.43 Å². The molecule has 6 heteroatoms. The van der Waals surface area contributed by atoms with Crippen LogP contribution in [0.15, 0.2) is 12.1 Å². The van der Waals surface area contributed by atoms with Gasteiger partial charge in [-0.1, -0.05) is 0 Å². The Morgan fingerprint density at radius 1 is 1.50 bits per heavy atom. The standard InChI is InChI=1S/C10H7F2NO3/c11-9(12)7-2-5(3-13)1-6(4-14)8(7)10(15)16/h1-2,9,14H,4H2,(H,15,16). The summed E-state index contributed by atoms with van der Waals surface area (Å²) in [7, 11) is 0. The van der Waals surface area contributed by atoms with E-state index in [-0.39, 0.29) is 11.1 Å². The number of carbonyl (C=O) groups is 1. The third-order valence-corrected chi connectivity index (χ3v) is 2.00. The molecular weight excluding hydrogens is 220 g/mol. The Morgan fingerprint density at radius 3 is 2.50 bits per heavy atom. The van der Waals surface area contributed by atoms with E-state index in [4.69, 9.17) is 15.5 Å². The van der Waals surface area contributed by atoms with E-state index < -0.39 is 30.1 Å². The number of carboxylic acids is 1. The highest BCUT2D eigenvalue weighted by Crippen LogP contribution is 2.27. The molecule has 4 nitrogen and oxygen atoms in total. The molecule has 0 fully saturated rings. The maximum absolute atomic E-state index is 12.6. The molecule has 0 amide bonds. The number of aliphatic hydroxyl groups excluding tert-OH is 1. The van der Waals surface area contributed by atoms with Gasteiger partial charge in [0.05, 0.1) is 23.8 Å². The number of carboxylic acid groups (broad SMARTS) is 1. The average Bonchev–Trinajstić information content (AvgIpc) is 2.26. The molecule has 0 saturated carbocycles. The highest BCUT2D eigenvalue weighted by molar-refractivity contribution is 5.91. The molecule has 0 aromatic heterocycles. The van der Waals surface area contributed by atoms with Crippen LogP contribution in [0.5, 0.6) is 0 Å². The van der Waals surface area contributed by atoms with Crippen molar-refractivity contribution in [3.8, 4) is 6.07 Å². The van der Waals surface area contributed by atoms with Gasteiger partial charge in [-0.05, 0) is 17.7 Å². The fourth-order valence-corrected chi connectivity index (χ4v) is 1.35. The lowest BCUT2D eigenvalue weighted by atomic mass is 9.98. The Kier molecular flexibility index (Phi) is 3.53. The number of nitriles is 1. The Balaban J connectivity index is 3.55. The molecule has 0 aliphatic rings. The molecule has 0 bridgehead atoms. The van der Waals surface area contributed by atoms with Gasteiger partial charge in [-0.15, -0.1) is 0 Å². The van der Waals surface area contributed by atoms with E-state index in [0.717, 1.165) is 12.1 Å². The van der Waals surface area contributed by atoms with E-state index in [1.165, 1.54) is 0 Å². The topological polar surface area (TPSA) is 81.3 Å². The van der Waals surface area contributed by atoms with Crippen LogP contribution < -0.4 is 0 Å². The van der Waals surface area contributed by atoms with Crippen LogP contribution in [0.3, 0.4) is 0 Å². The zero-order valence-electron chi connectivity index (χ0n) is 7.94. The fourth-order valence-electron chi connectivity index (χ4n) is 1.35. The van der Waals surface area contributed by atoms with Gasteiger partial charge in [-0.25, -0.2) is 13.6 Å². The summed E-state index contributed by atoms with van der Waals surface area (Å²) in [6.07, 6.45) is -3.01. The summed E-state index contributed by atoms with van der Waals surface area (Å²) >= 11 is 0. The zero-order chi connectivity index (χ0) is 12.3. The minimum atomic E-state index is -3.01. The van der Waals surface area contributed by atoms with E-state index in [1.807, 2.05) is 0 Å². The van der Waals surface area contributed by atoms with Gasteiger partial charge in [-0.3, -0.25) is 0 Å². The first kappa shape index (κ1) is 12.1. The maximum atomic E-state index is 12.6. The Bertz CT molecular complexity index is 466. The second kappa shape index (κ2) is 4.68. The van der Waals surface area contributed by atoms with Crippen LogP contribution in [0.4, 0.5) is 8.78 Å². The minimum Gasteiger partial charge on any atom is -0.478 e. The van der Waals surface area contributed by atoms with Gasteiger partial charge >= 0.3 is 5.97 Å². The molecule has 16 heavy (non-hydrogen) atoms. The van der Waals surface area contributed by atoms with Gasteiger partial charge in [-0.2, -0.15) is 5.26 Å². The highest BCUT2D eigenvalue weighted by atomic mass is 19.3. The molecule has 0 aliphatic carbocycles. The second-order valence-corrected chi connectivity index (χ2v) is 2.98.